The van der Waals surface area contributed by atoms with Crippen LogP contribution in [-0.2, 0) is 34.5 Å². The number of amides is 1. The second kappa shape index (κ2) is 15.0. The lowest BCUT2D eigenvalue weighted by Gasteiger charge is -2.62. The van der Waals surface area contributed by atoms with E-state index in [1.165, 1.54) is 17.8 Å². The molecule has 4 fully saturated rings. The number of carbonyl (C=O) groups is 1. The molecule has 1 N–H and O–H groups in total. The molecule has 2 aromatic carbocycles. The lowest BCUT2D eigenvalue weighted by atomic mass is 9.45. The number of sulfonamides is 1. The first kappa shape index (κ1) is 39.0. The summed E-state index contributed by atoms with van der Waals surface area (Å²) in [4.78, 5) is 18.1. The highest BCUT2D eigenvalue weighted by molar-refractivity contribution is 7.89. The SMILES string of the molecule is COc1ccc(Cl)c(CN(Cc2cccc(CN3[C@@H](C(=O)N[C@H]4C[C@H]5C[C@@H]([C@@H]4C)C5(C)C)CCS3(=O)=O)c2)[C@H](CN(C)C)CC(C)(C)C)c1F. The van der Waals surface area contributed by atoms with Gasteiger partial charge in [-0.05, 0) is 91.6 Å². The highest BCUT2D eigenvalue weighted by Crippen LogP contribution is 2.61. The molecule has 4 aliphatic rings. The number of likely N-dealkylation sites (N-methyl/N-ethyl adjacent to an activating group) is 1. The average molecular weight is 733 g/mol. The number of hydrogen-bond acceptors (Lipinski definition) is 6. The third-order valence-electron chi connectivity index (χ3n) is 11.7. The van der Waals surface area contributed by atoms with E-state index in [2.05, 4.69) is 56.7 Å². The van der Waals surface area contributed by atoms with E-state index in [4.69, 9.17) is 16.3 Å². The number of benzene rings is 2. The summed E-state index contributed by atoms with van der Waals surface area (Å²) >= 11 is 6.60. The molecule has 6 rings (SSSR count). The topological polar surface area (TPSA) is 82.2 Å². The molecule has 6 atom stereocenters. The van der Waals surface area contributed by atoms with Crippen molar-refractivity contribution in [3.63, 3.8) is 0 Å². The third-order valence-corrected chi connectivity index (χ3v) is 13.9. The number of ether oxygens (including phenoxy) is 1. The van der Waals surface area contributed by atoms with Gasteiger partial charge in [-0.1, -0.05) is 77.4 Å². The molecule has 50 heavy (non-hydrogen) atoms. The maximum atomic E-state index is 15.6. The van der Waals surface area contributed by atoms with Crippen LogP contribution in [0.5, 0.6) is 5.75 Å². The zero-order chi connectivity index (χ0) is 36.8. The molecule has 3 saturated carbocycles. The van der Waals surface area contributed by atoms with E-state index in [1.807, 2.05) is 38.4 Å². The van der Waals surface area contributed by atoms with Crippen LogP contribution in [-0.4, -0.2) is 80.1 Å². The lowest BCUT2D eigenvalue weighted by Crippen LogP contribution is -2.61. The molecule has 1 saturated heterocycles. The number of halogens is 2. The van der Waals surface area contributed by atoms with Crippen molar-refractivity contribution in [1.29, 1.82) is 0 Å². The van der Waals surface area contributed by atoms with E-state index in [0.29, 0.717) is 40.3 Å². The highest BCUT2D eigenvalue weighted by atomic mass is 35.5. The Bertz CT molecular complexity index is 1640. The van der Waals surface area contributed by atoms with Crippen molar-refractivity contribution in [2.45, 2.75) is 105 Å². The maximum Gasteiger partial charge on any atom is 0.238 e. The molecule has 0 spiro atoms. The van der Waals surface area contributed by atoms with Gasteiger partial charge >= 0.3 is 0 Å². The standard InChI is InChI=1S/C39H58ClFN4O4S/c1-25-31-18-28(39(31,5)6)19-33(25)42-37(46)34-15-16-50(47,48)45(34)22-27-12-10-11-26(17-27)21-44(29(23-43(7)8)20-38(2,3)4)24-30-32(40)13-14-35(49-9)36(30)41/h10-14,17,25,28-29,31,33-34H,15-16,18-24H2,1-9H3,(H,42,46)/t25-,28+,29-,31-,33-,34+/m0/s1. The van der Waals surface area contributed by atoms with E-state index in [1.54, 1.807) is 12.1 Å². The Morgan fingerprint density at radius 3 is 2.46 bits per heavy atom. The van der Waals surface area contributed by atoms with Crippen LogP contribution in [0.25, 0.3) is 0 Å². The van der Waals surface area contributed by atoms with Crippen LogP contribution in [0.3, 0.4) is 0 Å². The van der Waals surface area contributed by atoms with E-state index < -0.39 is 21.9 Å². The summed E-state index contributed by atoms with van der Waals surface area (Å²) in [5, 5.41) is 3.62. The van der Waals surface area contributed by atoms with Gasteiger partial charge < -0.3 is 15.0 Å². The number of fused-ring (bicyclic) bond motifs is 2. The van der Waals surface area contributed by atoms with Crippen LogP contribution >= 0.6 is 11.6 Å². The number of rotatable bonds is 13. The molecule has 278 valence electrons. The largest absolute Gasteiger partial charge is 0.494 e. The van der Waals surface area contributed by atoms with Gasteiger partial charge in [0.05, 0.1) is 12.9 Å². The minimum Gasteiger partial charge on any atom is -0.494 e. The molecular weight excluding hydrogens is 675 g/mol. The number of methoxy groups -OCH3 is 1. The van der Waals surface area contributed by atoms with Crippen molar-refractivity contribution in [2.24, 2.45) is 28.6 Å². The van der Waals surface area contributed by atoms with E-state index in [9.17, 15) is 13.2 Å². The zero-order valence-electron chi connectivity index (χ0n) is 31.4. The predicted molar refractivity (Wildman–Crippen MR) is 199 cm³/mol. The summed E-state index contributed by atoms with van der Waals surface area (Å²) in [7, 11) is 1.91. The van der Waals surface area contributed by atoms with E-state index in [-0.39, 0.29) is 54.4 Å². The first-order chi connectivity index (χ1) is 23.3. The van der Waals surface area contributed by atoms with Crippen LogP contribution < -0.4 is 10.1 Å². The van der Waals surface area contributed by atoms with Crippen LogP contribution in [0.2, 0.25) is 5.02 Å². The zero-order valence-corrected chi connectivity index (χ0v) is 33.0. The summed E-state index contributed by atoms with van der Waals surface area (Å²) in [6, 6.07) is 10.5. The Hall–Kier alpha value is -2.24. The summed E-state index contributed by atoms with van der Waals surface area (Å²) in [6.45, 7) is 15.1. The van der Waals surface area contributed by atoms with Gasteiger partial charge in [-0.15, -0.1) is 0 Å². The van der Waals surface area contributed by atoms with Crippen molar-refractivity contribution in [3.05, 3.63) is 63.9 Å². The Balaban J connectivity index is 1.37. The normalized spacial score (nSPS) is 26.5. The Morgan fingerprint density at radius 1 is 1.14 bits per heavy atom. The van der Waals surface area contributed by atoms with Gasteiger partial charge in [0.2, 0.25) is 15.9 Å². The summed E-state index contributed by atoms with van der Waals surface area (Å²) in [6.07, 6.45) is 3.30. The second-order valence-corrected chi connectivity index (χ2v) is 19.6. The predicted octanol–water partition coefficient (Wildman–Crippen LogP) is 6.95. The molecule has 2 bridgehead atoms. The third kappa shape index (κ3) is 8.52. The maximum absolute atomic E-state index is 15.6. The molecule has 8 nitrogen and oxygen atoms in total. The highest BCUT2D eigenvalue weighted by Gasteiger charge is 2.56. The lowest BCUT2D eigenvalue weighted by molar-refractivity contribution is -0.136. The molecule has 0 unspecified atom stereocenters. The fourth-order valence-corrected chi connectivity index (χ4v) is 10.8. The van der Waals surface area contributed by atoms with E-state index >= 15 is 4.39 Å². The molecule has 1 amide bonds. The Morgan fingerprint density at radius 2 is 1.84 bits per heavy atom. The van der Waals surface area contributed by atoms with Crippen molar-refractivity contribution >= 4 is 27.5 Å². The molecule has 0 radical (unpaired) electrons. The van der Waals surface area contributed by atoms with Crippen LogP contribution in [0.4, 0.5) is 4.39 Å². The van der Waals surface area contributed by atoms with Crippen molar-refractivity contribution in [1.82, 2.24) is 19.4 Å². The molecule has 2 aromatic rings. The van der Waals surface area contributed by atoms with Gasteiger partial charge in [0.1, 0.15) is 6.04 Å². The number of nitrogens with zero attached hydrogens (tertiary/aromatic N) is 3. The Kier molecular flexibility index (Phi) is 11.7. The smallest absolute Gasteiger partial charge is 0.238 e. The fourth-order valence-electron chi connectivity index (χ4n) is 8.88. The van der Waals surface area contributed by atoms with Crippen molar-refractivity contribution < 1.29 is 22.3 Å². The van der Waals surface area contributed by atoms with Crippen LogP contribution in [0.15, 0.2) is 36.4 Å². The van der Waals surface area contributed by atoms with Crippen molar-refractivity contribution in [3.8, 4) is 5.75 Å². The summed E-state index contributed by atoms with van der Waals surface area (Å²) in [5.74, 6) is 0.991. The first-order valence-electron chi connectivity index (χ1n) is 18.1. The van der Waals surface area contributed by atoms with Gasteiger partial charge in [-0.2, -0.15) is 4.31 Å². The van der Waals surface area contributed by atoms with Crippen LogP contribution in [0, 0.1) is 34.4 Å². The van der Waals surface area contributed by atoms with Gasteiger partial charge in [-0.25, -0.2) is 12.8 Å². The molecular formula is C39H58ClFN4O4S. The molecule has 1 aliphatic heterocycles. The summed E-state index contributed by atoms with van der Waals surface area (Å²) < 4.78 is 49.1. The number of nitrogens with one attached hydrogen (secondary N) is 1. The molecule has 0 aromatic heterocycles. The molecule has 11 heteroatoms. The minimum absolute atomic E-state index is 0.00323. The first-order valence-corrected chi connectivity index (χ1v) is 20.1. The average Bonchev–Trinajstić information content (AvgIpc) is 3.31. The second-order valence-electron chi connectivity index (χ2n) is 17.2. The molecule has 1 heterocycles. The number of hydrogen-bond donors (Lipinski definition) is 1. The van der Waals surface area contributed by atoms with Crippen molar-refractivity contribution in [2.75, 3.05) is 33.5 Å². The fraction of sp³-hybridized carbons (Fsp3) is 0.667. The quantitative estimate of drug-likeness (QED) is 0.240. The van der Waals surface area contributed by atoms with E-state index in [0.717, 1.165) is 30.5 Å². The Labute approximate surface area is 305 Å². The van der Waals surface area contributed by atoms with Gasteiger partial charge in [0.15, 0.2) is 11.6 Å². The van der Waals surface area contributed by atoms with Gasteiger partial charge in [0.25, 0.3) is 0 Å². The molecule has 3 aliphatic carbocycles. The van der Waals surface area contributed by atoms with Gasteiger partial charge in [-0.3, -0.25) is 9.69 Å². The van der Waals surface area contributed by atoms with Crippen LogP contribution in [0.1, 0.15) is 83.9 Å². The number of carbonyl (C=O) groups excluding carboxylic acids is 1. The van der Waals surface area contributed by atoms with Gasteiger partial charge in [0, 0.05) is 48.8 Å². The minimum atomic E-state index is -3.61. The monoisotopic (exact) mass is 732 g/mol. The summed E-state index contributed by atoms with van der Waals surface area (Å²) in [5.41, 5.74) is 2.46.